The van der Waals surface area contributed by atoms with Crippen LogP contribution in [-0.4, -0.2) is 30.5 Å². The fourth-order valence-corrected chi connectivity index (χ4v) is 2.75. The van der Waals surface area contributed by atoms with E-state index in [0.29, 0.717) is 0 Å². The van der Waals surface area contributed by atoms with Crippen LogP contribution < -0.4 is 4.72 Å². The summed E-state index contributed by atoms with van der Waals surface area (Å²) >= 11 is 5.57. The molecule has 0 aliphatic carbocycles. The topological polar surface area (TPSA) is 127 Å². The predicted molar refractivity (Wildman–Crippen MR) is 73.3 cm³/mol. The molecule has 1 aromatic carbocycles. The van der Waals surface area contributed by atoms with Crippen LogP contribution in [0.15, 0.2) is 23.1 Å². The van der Waals surface area contributed by atoms with Crippen LogP contribution in [0.2, 0.25) is 5.02 Å². The zero-order chi connectivity index (χ0) is 16.2. The largest absolute Gasteiger partial charge is 0.480 e. The quantitative estimate of drug-likeness (QED) is 0.454. The van der Waals surface area contributed by atoms with Crippen molar-refractivity contribution in [2.45, 2.75) is 17.4 Å². The van der Waals surface area contributed by atoms with E-state index in [-0.39, 0.29) is 11.4 Å². The Balaban J connectivity index is 3.20. The van der Waals surface area contributed by atoms with Crippen molar-refractivity contribution in [2.75, 3.05) is 0 Å². The van der Waals surface area contributed by atoms with E-state index in [1.165, 1.54) is 0 Å². The third-order valence-corrected chi connectivity index (χ3v) is 4.13. The zero-order valence-electron chi connectivity index (χ0n) is 10.3. The summed E-state index contributed by atoms with van der Waals surface area (Å²) < 4.78 is 25.9. The van der Waals surface area contributed by atoms with Gasteiger partial charge in [-0.1, -0.05) is 11.6 Å². The number of nitrogens with zero attached hydrogens (tertiary/aromatic N) is 1. The molecule has 1 unspecified atom stereocenters. The maximum atomic E-state index is 12.0. The van der Waals surface area contributed by atoms with Crippen LogP contribution >= 0.6 is 11.6 Å². The number of carboxylic acid groups (broad SMARTS) is 1. The van der Waals surface area contributed by atoms with E-state index in [2.05, 4.69) is 0 Å². The number of nitro groups is 1. The molecule has 2 N–H and O–H groups in total. The minimum Gasteiger partial charge on any atom is -0.480 e. The van der Waals surface area contributed by atoms with Crippen molar-refractivity contribution in [3.05, 3.63) is 33.3 Å². The third-order valence-electron chi connectivity index (χ3n) is 2.34. The molecule has 1 aromatic rings. The lowest BCUT2D eigenvalue weighted by atomic mass is 10.2. The van der Waals surface area contributed by atoms with Gasteiger partial charge in [-0.2, -0.15) is 4.72 Å². The summed E-state index contributed by atoms with van der Waals surface area (Å²) in [5.41, 5.74) is -0.608. The van der Waals surface area contributed by atoms with Gasteiger partial charge in [0.2, 0.25) is 10.0 Å². The molecule has 0 amide bonds. The number of carbonyl (C=O) groups is 1. The smallest absolute Gasteiger partial charge is 0.322 e. The zero-order valence-corrected chi connectivity index (χ0v) is 11.9. The second-order valence-corrected chi connectivity index (χ2v) is 5.91. The van der Waals surface area contributed by atoms with Crippen LogP contribution in [0, 0.1) is 22.5 Å². The van der Waals surface area contributed by atoms with Gasteiger partial charge in [-0.15, -0.1) is 12.3 Å². The number of carboxylic acids is 1. The van der Waals surface area contributed by atoms with Crippen LogP contribution in [0.4, 0.5) is 5.69 Å². The Labute approximate surface area is 124 Å². The number of nitro benzene ring substituents is 1. The van der Waals surface area contributed by atoms with E-state index in [9.17, 15) is 23.3 Å². The Kier molecular flexibility index (Phi) is 5.26. The standard InChI is InChI=1S/C11H9ClN2O6S/c1-2-3-9(11(15)16)13-21(19,20)7-4-5-8(12)10(6-7)14(17)18/h1,4-6,9,13H,3H2,(H,15,16). The predicted octanol–water partition coefficient (Wildman–Crippen LogP) is 1.00. The maximum Gasteiger partial charge on any atom is 0.322 e. The van der Waals surface area contributed by atoms with Gasteiger partial charge >= 0.3 is 5.97 Å². The second-order valence-electron chi connectivity index (χ2n) is 3.79. The van der Waals surface area contributed by atoms with Gasteiger partial charge in [0.25, 0.3) is 5.69 Å². The summed E-state index contributed by atoms with van der Waals surface area (Å²) in [7, 11) is -4.29. The Morgan fingerprint density at radius 3 is 2.67 bits per heavy atom. The van der Waals surface area contributed by atoms with E-state index in [4.69, 9.17) is 23.1 Å². The molecule has 112 valence electrons. The number of aliphatic carboxylic acids is 1. The summed E-state index contributed by atoms with van der Waals surface area (Å²) in [6, 6.07) is 1.26. The molecule has 8 nitrogen and oxygen atoms in total. The summed E-state index contributed by atoms with van der Waals surface area (Å²) in [5, 5.41) is 19.3. The number of terminal acetylenes is 1. The second kappa shape index (κ2) is 6.53. The van der Waals surface area contributed by atoms with Gasteiger partial charge in [-0.05, 0) is 12.1 Å². The van der Waals surface area contributed by atoms with Crippen molar-refractivity contribution in [2.24, 2.45) is 0 Å². The summed E-state index contributed by atoms with van der Waals surface area (Å²) in [6.07, 6.45) is 4.58. The highest BCUT2D eigenvalue weighted by Crippen LogP contribution is 2.27. The molecule has 0 heterocycles. The Morgan fingerprint density at radius 1 is 1.57 bits per heavy atom. The Bertz CT molecular complexity index is 725. The molecule has 21 heavy (non-hydrogen) atoms. The number of benzene rings is 1. The molecule has 1 rings (SSSR count). The van der Waals surface area contributed by atoms with E-state index in [1.807, 2.05) is 10.6 Å². The van der Waals surface area contributed by atoms with E-state index < -0.39 is 37.5 Å². The van der Waals surface area contributed by atoms with E-state index in [1.54, 1.807) is 0 Å². The number of hydrogen-bond acceptors (Lipinski definition) is 5. The number of hydrogen-bond donors (Lipinski definition) is 2. The van der Waals surface area contributed by atoms with Crippen molar-refractivity contribution in [1.29, 1.82) is 0 Å². The first-order valence-corrected chi connectivity index (χ1v) is 7.17. The minimum absolute atomic E-state index is 0.239. The first-order valence-electron chi connectivity index (χ1n) is 5.31. The van der Waals surface area contributed by atoms with Gasteiger partial charge in [0.1, 0.15) is 11.1 Å². The van der Waals surface area contributed by atoms with Crippen LogP contribution in [0.3, 0.4) is 0 Å². The molecule has 0 spiro atoms. The number of sulfonamides is 1. The fraction of sp³-hybridized carbons (Fsp3) is 0.182. The van der Waals surface area contributed by atoms with Crippen molar-refractivity contribution >= 4 is 33.3 Å². The normalized spacial score (nSPS) is 12.4. The number of halogens is 1. The van der Waals surface area contributed by atoms with Crippen LogP contribution in [0.5, 0.6) is 0 Å². The molecule has 0 aromatic heterocycles. The van der Waals surface area contributed by atoms with Gasteiger partial charge in [-0.3, -0.25) is 14.9 Å². The molecule has 10 heteroatoms. The third kappa shape index (κ3) is 4.16. The molecule has 0 saturated heterocycles. The maximum absolute atomic E-state index is 12.0. The molecule has 0 radical (unpaired) electrons. The van der Waals surface area contributed by atoms with E-state index >= 15 is 0 Å². The molecule has 0 aliphatic rings. The van der Waals surface area contributed by atoms with Crippen molar-refractivity contribution in [1.82, 2.24) is 4.72 Å². The average molecular weight is 333 g/mol. The van der Waals surface area contributed by atoms with Crippen LogP contribution in [0.1, 0.15) is 6.42 Å². The lowest BCUT2D eigenvalue weighted by molar-refractivity contribution is -0.384. The molecule has 0 bridgehead atoms. The molecule has 0 fully saturated rings. The Morgan fingerprint density at radius 2 is 2.19 bits per heavy atom. The summed E-state index contributed by atoms with van der Waals surface area (Å²) in [5.74, 6) is 0.566. The lowest BCUT2D eigenvalue weighted by Gasteiger charge is -2.12. The first kappa shape index (κ1) is 16.9. The Hall–Kier alpha value is -2.15. The molecule has 0 saturated carbocycles. The molecular weight excluding hydrogens is 324 g/mol. The van der Waals surface area contributed by atoms with Gasteiger partial charge in [0, 0.05) is 12.5 Å². The molecule has 1 atom stereocenters. The van der Waals surface area contributed by atoms with Crippen molar-refractivity contribution in [3.63, 3.8) is 0 Å². The number of nitrogens with one attached hydrogen (secondary N) is 1. The summed E-state index contributed by atoms with van der Waals surface area (Å²) in [6.45, 7) is 0. The monoisotopic (exact) mass is 332 g/mol. The van der Waals surface area contributed by atoms with Crippen molar-refractivity contribution < 1.29 is 23.2 Å². The lowest BCUT2D eigenvalue weighted by Crippen LogP contribution is -2.40. The first-order chi connectivity index (χ1) is 9.69. The SMILES string of the molecule is C#CCC(NS(=O)(=O)c1ccc(Cl)c([N+](=O)[O-])c1)C(=O)O. The highest BCUT2D eigenvalue weighted by Gasteiger charge is 2.26. The van der Waals surface area contributed by atoms with Crippen molar-refractivity contribution in [3.8, 4) is 12.3 Å². The fourth-order valence-electron chi connectivity index (χ4n) is 1.35. The minimum atomic E-state index is -4.29. The van der Waals surface area contributed by atoms with Gasteiger partial charge in [-0.25, -0.2) is 8.42 Å². The highest BCUT2D eigenvalue weighted by atomic mass is 35.5. The molecule has 0 aliphatic heterocycles. The number of rotatable bonds is 6. The van der Waals surface area contributed by atoms with Gasteiger partial charge < -0.3 is 5.11 Å². The summed E-state index contributed by atoms with van der Waals surface area (Å²) in [4.78, 5) is 20.3. The van der Waals surface area contributed by atoms with Gasteiger partial charge in [0.05, 0.1) is 9.82 Å². The average Bonchev–Trinajstić information content (AvgIpc) is 2.37. The van der Waals surface area contributed by atoms with Crippen LogP contribution in [0.25, 0.3) is 0 Å². The molecular formula is C11H9ClN2O6S. The highest BCUT2D eigenvalue weighted by molar-refractivity contribution is 7.89. The van der Waals surface area contributed by atoms with E-state index in [0.717, 1.165) is 18.2 Å². The van der Waals surface area contributed by atoms with Gasteiger partial charge in [0.15, 0.2) is 0 Å². The van der Waals surface area contributed by atoms with Crippen LogP contribution in [-0.2, 0) is 14.8 Å².